The molecule has 4 heterocycles. The van der Waals surface area contributed by atoms with E-state index in [4.69, 9.17) is 14.7 Å². The number of ether oxygens (including phenoxy) is 1. The Balaban J connectivity index is 1.23. The zero-order valence-corrected chi connectivity index (χ0v) is 23.3. The lowest BCUT2D eigenvalue weighted by molar-refractivity contribution is -0.134. The summed E-state index contributed by atoms with van der Waals surface area (Å²) < 4.78 is 5.93. The van der Waals surface area contributed by atoms with Crippen molar-refractivity contribution in [2.45, 2.75) is 44.3 Å². The molecule has 2 N–H and O–H groups in total. The summed E-state index contributed by atoms with van der Waals surface area (Å²) in [4.78, 5) is 29.5. The first kappa shape index (κ1) is 26.0. The van der Waals surface area contributed by atoms with Gasteiger partial charge in [-0.2, -0.15) is 15.2 Å². The number of nitrogens with zero attached hydrogens (tertiary/aromatic N) is 6. The second-order valence-electron chi connectivity index (χ2n) is 11.7. The largest absolute Gasteiger partial charge is 0.463 e. The van der Waals surface area contributed by atoms with E-state index in [9.17, 15) is 15.2 Å². The topological polar surface area (TPSA) is 128 Å². The zero-order valence-electron chi connectivity index (χ0n) is 23.3. The number of carbonyl (C=O) groups excluding carboxylic acids is 1. The summed E-state index contributed by atoms with van der Waals surface area (Å²) in [6.07, 6.45) is 1.98. The highest BCUT2D eigenvalue weighted by Gasteiger charge is 2.63. The summed E-state index contributed by atoms with van der Waals surface area (Å²) in [6.45, 7) is 6.49. The molecule has 0 bridgehead atoms. The van der Waals surface area contributed by atoms with Crippen LogP contribution in [0, 0.1) is 24.2 Å². The Morgan fingerprint density at radius 3 is 2.78 bits per heavy atom. The Morgan fingerprint density at radius 1 is 1.20 bits per heavy atom. The minimum absolute atomic E-state index is 0.0376. The summed E-state index contributed by atoms with van der Waals surface area (Å²) in [5.74, 6) is 0.791. The Kier molecular flexibility index (Phi) is 6.44. The molecule has 10 nitrogen and oxygen atoms in total. The van der Waals surface area contributed by atoms with Crippen molar-refractivity contribution in [2.75, 3.05) is 55.7 Å². The molecule has 4 aliphatic rings. The second-order valence-corrected chi connectivity index (χ2v) is 11.7. The highest BCUT2D eigenvalue weighted by molar-refractivity contribution is 5.97. The molecule has 0 radical (unpaired) electrons. The van der Waals surface area contributed by atoms with Gasteiger partial charge in [-0.15, -0.1) is 0 Å². The van der Waals surface area contributed by atoms with Gasteiger partial charge in [0.05, 0.1) is 42.4 Å². The number of nitrogens with one attached hydrogen (secondary N) is 1. The van der Waals surface area contributed by atoms with Crippen LogP contribution in [0.4, 0.5) is 11.5 Å². The molecule has 3 aromatic rings. The Bertz CT molecular complexity index is 1550. The van der Waals surface area contributed by atoms with Crippen molar-refractivity contribution in [3.63, 3.8) is 0 Å². The van der Waals surface area contributed by atoms with Gasteiger partial charge in [-0.3, -0.25) is 4.79 Å². The maximum atomic E-state index is 13.1. The fraction of sp³-hybridized carbons (Fsp3) is 0.484. The fourth-order valence-electron chi connectivity index (χ4n) is 6.72. The van der Waals surface area contributed by atoms with E-state index in [1.54, 1.807) is 0 Å². The first-order valence-electron chi connectivity index (χ1n) is 14.6. The number of aryl methyl sites for hydroxylation is 1. The van der Waals surface area contributed by atoms with Crippen molar-refractivity contribution in [3.8, 4) is 12.1 Å². The normalized spacial score (nSPS) is 24.8. The van der Waals surface area contributed by atoms with Crippen LogP contribution in [0.15, 0.2) is 36.4 Å². The summed E-state index contributed by atoms with van der Waals surface area (Å²) in [7, 11) is 0. The van der Waals surface area contributed by atoms with E-state index in [0.717, 1.165) is 30.0 Å². The molecule has 1 spiro atoms. The van der Waals surface area contributed by atoms with Gasteiger partial charge in [0.2, 0.25) is 5.91 Å². The molecule has 1 unspecified atom stereocenters. The van der Waals surface area contributed by atoms with E-state index in [2.05, 4.69) is 64.5 Å². The number of fused-ring (bicyclic) bond motifs is 2. The van der Waals surface area contributed by atoms with Gasteiger partial charge < -0.3 is 29.9 Å². The monoisotopic (exact) mass is 553 g/mol. The summed E-state index contributed by atoms with van der Waals surface area (Å²) in [6, 6.07) is 15.5. The van der Waals surface area contributed by atoms with Gasteiger partial charge in [-0.05, 0) is 36.8 Å². The van der Waals surface area contributed by atoms with E-state index in [0.29, 0.717) is 58.2 Å². The number of piperazine rings is 1. The predicted molar refractivity (Wildman–Crippen MR) is 155 cm³/mol. The maximum absolute atomic E-state index is 13.1. The lowest BCUT2D eigenvalue weighted by Crippen LogP contribution is -2.59. The molecule has 3 atom stereocenters. The minimum Gasteiger partial charge on any atom is -0.463 e. The molecule has 3 aliphatic heterocycles. The van der Waals surface area contributed by atoms with Crippen LogP contribution in [0.2, 0.25) is 0 Å². The molecular formula is C31H35N7O3. The Labute approximate surface area is 239 Å². The van der Waals surface area contributed by atoms with Gasteiger partial charge >= 0.3 is 6.01 Å². The number of aliphatic hydroxyl groups excluding tert-OH is 1. The van der Waals surface area contributed by atoms with E-state index >= 15 is 0 Å². The average Bonchev–Trinajstić information content (AvgIpc) is 3.93. The maximum Gasteiger partial charge on any atom is 0.318 e. The van der Waals surface area contributed by atoms with Crippen molar-refractivity contribution >= 4 is 28.2 Å². The number of aliphatic hydroxyl groups is 1. The first-order valence-corrected chi connectivity index (χ1v) is 14.6. The van der Waals surface area contributed by atoms with Crippen molar-refractivity contribution in [1.82, 2.24) is 20.2 Å². The number of benzene rings is 2. The molecule has 10 heteroatoms. The molecule has 1 aliphatic carbocycles. The molecule has 212 valence electrons. The molecule has 41 heavy (non-hydrogen) atoms. The smallest absolute Gasteiger partial charge is 0.318 e. The number of amides is 1. The Hall–Kier alpha value is -3.94. The third-order valence-corrected chi connectivity index (χ3v) is 9.06. The minimum atomic E-state index is -0.467. The van der Waals surface area contributed by atoms with Crippen LogP contribution in [0.3, 0.4) is 0 Å². The summed E-state index contributed by atoms with van der Waals surface area (Å²) >= 11 is 0. The second kappa shape index (κ2) is 10.2. The van der Waals surface area contributed by atoms with Crippen LogP contribution in [0.25, 0.3) is 10.8 Å². The van der Waals surface area contributed by atoms with Gasteiger partial charge in [-0.1, -0.05) is 30.3 Å². The third kappa shape index (κ3) is 4.53. The highest BCUT2D eigenvalue weighted by atomic mass is 16.5. The van der Waals surface area contributed by atoms with E-state index in [1.807, 2.05) is 4.90 Å². The van der Waals surface area contributed by atoms with Gasteiger partial charge in [0.25, 0.3) is 0 Å². The van der Waals surface area contributed by atoms with Crippen LogP contribution in [-0.2, 0) is 17.8 Å². The highest BCUT2D eigenvalue weighted by Crippen LogP contribution is 2.51. The van der Waals surface area contributed by atoms with Crippen LogP contribution in [-0.4, -0.2) is 83.4 Å². The summed E-state index contributed by atoms with van der Waals surface area (Å²) in [5, 5.41) is 24.7. The molecule has 1 saturated carbocycles. The number of hydrogen-bond donors (Lipinski definition) is 2. The van der Waals surface area contributed by atoms with E-state index < -0.39 is 5.54 Å². The number of rotatable bonds is 7. The molecule has 3 fully saturated rings. The molecule has 2 saturated heterocycles. The van der Waals surface area contributed by atoms with Crippen molar-refractivity contribution in [2.24, 2.45) is 5.92 Å². The number of anilines is 2. The number of hydrogen-bond acceptors (Lipinski definition) is 9. The molecule has 1 amide bonds. The fourth-order valence-corrected chi connectivity index (χ4v) is 6.72. The lowest BCUT2D eigenvalue weighted by atomic mass is 9.99. The number of aromatic nitrogens is 2. The van der Waals surface area contributed by atoms with Gasteiger partial charge in [0, 0.05) is 62.4 Å². The third-order valence-electron chi connectivity index (χ3n) is 9.06. The van der Waals surface area contributed by atoms with Crippen molar-refractivity contribution in [1.29, 1.82) is 5.26 Å². The molecule has 2 aromatic carbocycles. The quantitative estimate of drug-likeness (QED) is 0.334. The van der Waals surface area contributed by atoms with Gasteiger partial charge in [0.1, 0.15) is 5.82 Å². The van der Waals surface area contributed by atoms with Gasteiger partial charge in [0.15, 0.2) is 0 Å². The Morgan fingerprint density at radius 2 is 2.02 bits per heavy atom. The summed E-state index contributed by atoms with van der Waals surface area (Å²) in [5.41, 5.74) is 4.03. The SMILES string of the molecule is Cc1cccc2cccc(N3CCc4c(nc(OCCCO)nc4N4CCN(C(=O)[C@@H]5CN5)C5(C[C@H]5C#N)C4)C3)c12. The van der Waals surface area contributed by atoms with Crippen LogP contribution in [0.1, 0.15) is 29.7 Å². The standard InChI is InChI=1S/C31H35N7O3/c1-20-5-2-6-21-7-3-8-26(27(20)21)36-10-9-23-25(18-36)34-30(41-14-4-13-39)35-28(23)37-11-12-38(29(40)24-17-33-24)31(19-37)15-22(31)16-32/h2-3,5-8,22,24,33,39H,4,9-15,17-19H2,1H3/t22-,24-,31?/m0/s1. The van der Waals surface area contributed by atoms with Crippen LogP contribution in [0.5, 0.6) is 6.01 Å². The van der Waals surface area contributed by atoms with Gasteiger partial charge in [-0.25, -0.2) is 0 Å². The van der Waals surface area contributed by atoms with E-state index in [1.165, 1.54) is 22.0 Å². The molecule has 1 aromatic heterocycles. The number of carbonyl (C=O) groups is 1. The first-order chi connectivity index (χ1) is 20.0. The van der Waals surface area contributed by atoms with Crippen LogP contribution < -0.4 is 19.9 Å². The predicted octanol–water partition coefficient (Wildman–Crippen LogP) is 2.16. The molecular weight excluding hydrogens is 518 g/mol. The van der Waals surface area contributed by atoms with Crippen LogP contribution >= 0.6 is 0 Å². The average molecular weight is 554 g/mol. The van der Waals surface area contributed by atoms with Crippen molar-refractivity contribution < 1.29 is 14.6 Å². The zero-order chi connectivity index (χ0) is 28.1. The van der Waals surface area contributed by atoms with Crippen molar-refractivity contribution in [3.05, 3.63) is 53.2 Å². The lowest BCUT2D eigenvalue weighted by Gasteiger charge is -2.44. The van der Waals surface area contributed by atoms with E-state index in [-0.39, 0.29) is 24.5 Å². The number of nitriles is 1. The molecule has 7 rings (SSSR count).